The maximum absolute atomic E-state index is 12.5. The number of hydrogen-bond donors (Lipinski definition) is 0. The molecule has 1 heterocycles. The standard InChI is InChI=1S/C15H18O2/c1-6-15(5)7-11-12(10(4)8-17-11)14(16)13(15)9(2)3/h6,8,13H,1-2,7H2,3-5H3/t13-,15-/m1/s1. The monoisotopic (exact) mass is 230 g/mol. The van der Waals surface area contributed by atoms with Crippen LogP contribution in [0.1, 0.15) is 35.5 Å². The Morgan fingerprint density at radius 1 is 1.65 bits per heavy atom. The molecule has 0 amide bonds. The summed E-state index contributed by atoms with van der Waals surface area (Å²) in [5.74, 6) is 0.712. The summed E-state index contributed by atoms with van der Waals surface area (Å²) in [7, 11) is 0. The maximum atomic E-state index is 12.5. The van der Waals surface area contributed by atoms with E-state index in [1.807, 2.05) is 26.8 Å². The summed E-state index contributed by atoms with van der Waals surface area (Å²) in [5, 5.41) is 0. The van der Waals surface area contributed by atoms with Gasteiger partial charge in [-0.1, -0.05) is 25.2 Å². The molecule has 0 radical (unpaired) electrons. The predicted octanol–water partition coefficient (Wildman–Crippen LogP) is 3.71. The Balaban J connectivity index is 2.62. The third-order valence-electron chi connectivity index (χ3n) is 3.72. The number of Topliss-reactive ketones (excluding diaryl/α,β-unsaturated/α-hetero) is 1. The van der Waals surface area contributed by atoms with Gasteiger partial charge >= 0.3 is 0 Å². The molecule has 2 heteroatoms. The molecule has 0 spiro atoms. The van der Waals surface area contributed by atoms with Crippen LogP contribution in [0.15, 0.2) is 35.5 Å². The van der Waals surface area contributed by atoms with Gasteiger partial charge < -0.3 is 4.42 Å². The lowest BCUT2D eigenvalue weighted by Crippen LogP contribution is -2.39. The SMILES string of the molecule is C=C[C@]1(C)Cc2occ(C)c2C(=O)[C@H]1C(=C)C. The number of rotatable bonds is 2. The van der Waals surface area contributed by atoms with Crippen molar-refractivity contribution in [2.75, 3.05) is 0 Å². The van der Waals surface area contributed by atoms with E-state index < -0.39 is 0 Å². The van der Waals surface area contributed by atoms with E-state index in [1.165, 1.54) is 0 Å². The van der Waals surface area contributed by atoms with Gasteiger partial charge in [0.05, 0.1) is 17.7 Å². The molecule has 2 atom stereocenters. The molecule has 0 aromatic carbocycles. The molecule has 17 heavy (non-hydrogen) atoms. The number of fused-ring (bicyclic) bond motifs is 1. The van der Waals surface area contributed by atoms with Crippen LogP contribution in [0.25, 0.3) is 0 Å². The number of carbonyl (C=O) groups is 1. The first-order valence-electron chi connectivity index (χ1n) is 5.81. The van der Waals surface area contributed by atoms with Gasteiger partial charge in [0.25, 0.3) is 0 Å². The van der Waals surface area contributed by atoms with E-state index in [2.05, 4.69) is 13.2 Å². The van der Waals surface area contributed by atoms with E-state index in [0.717, 1.165) is 22.5 Å². The third kappa shape index (κ3) is 1.59. The highest BCUT2D eigenvalue weighted by atomic mass is 16.3. The van der Waals surface area contributed by atoms with Crippen molar-refractivity contribution in [3.8, 4) is 0 Å². The second kappa shape index (κ2) is 3.73. The van der Waals surface area contributed by atoms with Gasteiger partial charge in [0, 0.05) is 11.8 Å². The van der Waals surface area contributed by atoms with Crippen LogP contribution in [0.5, 0.6) is 0 Å². The highest BCUT2D eigenvalue weighted by molar-refractivity contribution is 6.03. The van der Waals surface area contributed by atoms with E-state index in [-0.39, 0.29) is 17.1 Å². The smallest absolute Gasteiger partial charge is 0.174 e. The second-order valence-electron chi connectivity index (χ2n) is 5.25. The van der Waals surface area contributed by atoms with Crippen molar-refractivity contribution in [3.63, 3.8) is 0 Å². The molecule has 0 saturated heterocycles. The van der Waals surface area contributed by atoms with Crippen molar-refractivity contribution in [2.45, 2.75) is 27.2 Å². The molecule has 0 saturated carbocycles. The lowest BCUT2D eigenvalue weighted by Gasteiger charge is -2.37. The minimum atomic E-state index is -0.291. The van der Waals surface area contributed by atoms with Gasteiger partial charge in [0.15, 0.2) is 5.78 Å². The zero-order chi connectivity index (χ0) is 12.8. The number of carbonyl (C=O) groups excluding carboxylic acids is 1. The van der Waals surface area contributed by atoms with Gasteiger partial charge in [-0.2, -0.15) is 0 Å². The average Bonchev–Trinajstić information content (AvgIpc) is 2.59. The summed E-state index contributed by atoms with van der Waals surface area (Å²) in [4.78, 5) is 12.5. The van der Waals surface area contributed by atoms with Crippen LogP contribution in [-0.2, 0) is 6.42 Å². The van der Waals surface area contributed by atoms with Crippen molar-refractivity contribution in [2.24, 2.45) is 11.3 Å². The minimum Gasteiger partial charge on any atom is -0.468 e. The van der Waals surface area contributed by atoms with E-state index in [9.17, 15) is 4.79 Å². The van der Waals surface area contributed by atoms with Gasteiger partial charge in [-0.05, 0) is 19.4 Å². The Labute approximate surface area is 102 Å². The molecular formula is C15H18O2. The minimum absolute atomic E-state index is 0.118. The Morgan fingerprint density at radius 2 is 2.29 bits per heavy atom. The zero-order valence-corrected chi connectivity index (χ0v) is 10.7. The first-order chi connectivity index (χ1) is 7.90. The number of allylic oxidation sites excluding steroid dienone is 2. The topological polar surface area (TPSA) is 30.2 Å². The summed E-state index contributed by atoms with van der Waals surface area (Å²) >= 11 is 0. The Kier molecular flexibility index (Phi) is 2.61. The molecular weight excluding hydrogens is 212 g/mol. The molecule has 1 aliphatic carbocycles. The summed E-state index contributed by atoms with van der Waals surface area (Å²) in [6, 6.07) is 0. The predicted molar refractivity (Wildman–Crippen MR) is 68.1 cm³/mol. The molecule has 1 aliphatic rings. The number of hydrogen-bond acceptors (Lipinski definition) is 2. The molecule has 1 aromatic heterocycles. The molecule has 0 fully saturated rings. The van der Waals surface area contributed by atoms with Crippen LogP contribution in [0.4, 0.5) is 0 Å². The number of aryl methyl sites for hydroxylation is 1. The van der Waals surface area contributed by atoms with Crippen molar-refractivity contribution >= 4 is 5.78 Å². The fourth-order valence-electron chi connectivity index (χ4n) is 2.83. The Hall–Kier alpha value is -1.57. The van der Waals surface area contributed by atoms with Crippen LogP contribution in [0.3, 0.4) is 0 Å². The summed E-state index contributed by atoms with van der Waals surface area (Å²) in [6.45, 7) is 13.7. The van der Waals surface area contributed by atoms with Crippen LogP contribution in [0.2, 0.25) is 0 Å². The average molecular weight is 230 g/mol. The van der Waals surface area contributed by atoms with Gasteiger partial charge in [-0.3, -0.25) is 4.79 Å². The van der Waals surface area contributed by atoms with Gasteiger partial charge in [0.1, 0.15) is 5.76 Å². The van der Waals surface area contributed by atoms with E-state index in [0.29, 0.717) is 6.42 Å². The summed E-state index contributed by atoms with van der Waals surface area (Å²) < 4.78 is 5.48. The van der Waals surface area contributed by atoms with Crippen LogP contribution in [-0.4, -0.2) is 5.78 Å². The Morgan fingerprint density at radius 3 is 2.82 bits per heavy atom. The molecule has 0 N–H and O–H groups in total. The Bertz CT molecular complexity index is 507. The molecule has 90 valence electrons. The second-order valence-corrected chi connectivity index (χ2v) is 5.25. The van der Waals surface area contributed by atoms with Gasteiger partial charge in [0.2, 0.25) is 0 Å². The third-order valence-corrected chi connectivity index (χ3v) is 3.72. The first-order valence-corrected chi connectivity index (χ1v) is 5.81. The lowest BCUT2D eigenvalue weighted by atomic mass is 9.64. The fourth-order valence-corrected chi connectivity index (χ4v) is 2.83. The largest absolute Gasteiger partial charge is 0.468 e. The zero-order valence-electron chi connectivity index (χ0n) is 10.7. The normalized spacial score (nSPS) is 27.7. The molecule has 0 aliphatic heterocycles. The first kappa shape index (κ1) is 11.9. The van der Waals surface area contributed by atoms with Crippen molar-refractivity contribution in [1.82, 2.24) is 0 Å². The molecule has 0 bridgehead atoms. The number of ketones is 1. The van der Waals surface area contributed by atoms with E-state index in [4.69, 9.17) is 4.42 Å². The van der Waals surface area contributed by atoms with E-state index in [1.54, 1.807) is 6.26 Å². The maximum Gasteiger partial charge on any atom is 0.174 e. The molecule has 1 aromatic rings. The van der Waals surface area contributed by atoms with Crippen molar-refractivity contribution in [3.05, 3.63) is 48.0 Å². The highest BCUT2D eigenvalue weighted by Crippen LogP contribution is 2.45. The van der Waals surface area contributed by atoms with Crippen molar-refractivity contribution in [1.29, 1.82) is 0 Å². The van der Waals surface area contributed by atoms with Gasteiger partial charge in [-0.25, -0.2) is 0 Å². The van der Waals surface area contributed by atoms with Crippen LogP contribution >= 0.6 is 0 Å². The fraction of sp³-hybridized carbons (Fsp3) is 0.400. The quantitative estimate of drug-likeness (QED) is 0.725. The van der Waals surface area contributed by atoms with Gasteiger partial charge in [-0.15, -0.1) is 6.58 Å². The van der Waals surface area contributed by atoms with Crippen LogP contribution < -0.4 is 0 Å². The molecule has 0 unspecified atom stereocenters. The van der Waals surface area contributed by atoms with Crippen LogP contribution in [0, 0.1) is 18.3 Å². The summed E-state index contributed by atoms with van der Waals surface area (Å²) in [5.41, 5.74) is 2.27. The molecule has 2 rings (SSSR count). The van der Waals surface area contributed by atoms with Crippen molar-refractivity contribution < 1.29 is 9.21 Å². The van der Waals surface area contributed by atoms with E-state index >= 15 is 0 Å². The summed E-state index contributed by atoms with van der Waals surface area (Å²) in [6.07, 6.45) is 4.22. The highest BCUT2D eigenvalue weighted by Gasteiger charge is 2.45. The molecule has 2 nitrogen and oxygen atoms in total. The number of furan rings is 1. The lowest BCUT2D eigenvalue weighted by molar-refractivity contribution is 0.0833.